The Hall–Kier alpha value is -1.71. The van der Waals surface area contributed by atoms with E-state index in [0.717, 1.165) is 0 Å². The lowest BCUT2D eigenvalue weighted by Crippen LogP contribution is -2.13. The summed E-state index contributed by atoms with van der Waals surface area (Å²) in [6.45, 7) is 2.37. The maximum atomic E-state index is 11.0. The first kappa shape index (κ1) is 10.4. The molecule has 4 heteroatoms. The monoisotopic (exact) mass is 195 g/mol. The van der Waals surface area contributed by atoms with E-state index in [1.807, 2.05) is 6.92 Å². The third-order valence-electron chi connectivity index (χ3n) is 1.75. The number of nitrogens with two attached hydrogens (primary N) is 1. The highest BCUT2D eigenvalue weighted by Crippen LogP contribution is 2.30. The van der Waals surface area contributed by atoms with Crippen molar-refractivity contribution in [2.75, 3.05) is 13.7 Å². The lowest BCUT2D eigenvalue weighted by atomic mass is 10.2. The summed E-state index contributed by atoms with van der Waals surface area (Å²) in [5.74, 6) is 0.400. The van der Waals surface area contributed by atoms with E-state index in [9.17, 15) is 4.79 Å². The summed E-state index contributed by atoms with van der Waals surface area (Å²) in [5, 5.41) is 0. The Kier molecular flexibility index (Phi) is 3.34. The third-order valence-corrected chi connectivity index (χ3v) is 1.75. The van der Waals surface area contributed by atoms with Crippen molar-refractivity contribution in [1.29, 1.82) is 0 Å². The van der Waals surface area contributed by atoms with Crippen molar-refractivity contribution in [2.45, 2.75) is 6.92 Å². The Bertz CT molecular complexity index is 336. The molecule has 0 fully saturated rings. The molecule has 1 rings (SSSR count). The van der Waals surface area contributed by atoms with Crippen LogP contribution >= 0.6 is 0 Å². The van der Waals surface area contributed by atoms with Gasteiger partial charge in [-0.1, -0.05) is 6.07 Å². The Morgan fingerprint density at radius 3 is 2.71 bits per heavy atom. The number of amides is 1. The highest BCUT2D eigenvalue weighted by Gasteiger charge is 2.13. The van der Waals surface area contributed by atoms with Crippen molar-refractivity contribution in [3.63, 3.8) is 0 Å². The average molecular weight is 195 g/mol. The van der Waals surface area contributed by atoms with Crippen LogP contribution in [0, 0.1) is 0 Å². The highest BCUT2D eigenvalue weighted by atomic mass is 16.5. The second-order valence-corrected chi connectivity index (χ2v) is 2.63. The lowest BCUT2D eigenvalue weighted by molar-refractivity contribution is 0.0996. The summed E-state index contributed by atoms with van der Waals surface area (Å²) >= 11 is 0. The van der Waals surface area contributed by atoms with Gasteiger partial charge in [0, 0.05) is 0 Å². The van der Waals surface area contributed by atoms with Crippen molar-refractivity contribution in [3.8, 4) is 11.5 Å². The zero-order chi connectivity index (χ0) is 10.6. The number of rotatable bonds is 4. The number of hydrogen-bond acceptors (Lipinski definition) is 3. The molecule has 0 spiro atoms. The van der Waals surface area contributed by atoms with Crippen LogP contribution < -0.4 is 15.2 Å². The minimum atomic E-state index is -0.525. The molecule has 1 aromatic carbocycles. The van der Waals surface area contributed by atoms with Crippen molar-refractivity contribution in [3.05, 3.63) is 23.8 Å². The molecule has 0 bridgehead atoms. The summed E-state index contributed by atoms with van der Waals surface area (Å²) < 4.78 is 10.4. The Morgan fingerprint density at radius 2 is 2.21 bits per heavy atom. The molecule has 0 radical (unpaired) electrons. The van der Waals surface area contributed by atoms with Crippen molar-refractivity contribution in [2.24, 2.45) is 5.73 Å². The smallest absolute Gasteiger partial charge is 0.252 e. The van der Waals surface area contributed by atoms with E-state index < -0.39 is 5.91 Å². The molecular weight excluding hydrogens is 182 g/mol. The second kappa shape index (κ2) is 4.50. The van der Waals surface area contributed by atoms with Crippen LogP contribution in [-0.4, -0.2) is 19.6 Å². The normalized spacial score (nSPS) is 9.57. The molecule has 0 unspecified atom stereocenters. The van der Waals surface area contributed by atoms with Gasteiger partial charge in [0.05, 0.1) is 19.3 Å². The van der Waals surface area contributed by atoms with Gasteiger partial charge in [0.1, 0.15) is 0 Å². The first-order chi connectivity index (χ1) is 6.70. The topological polar surface area (TPSA) is 61.5 Å². The molecule has 0 saturated heterocycles. The molecule has 1 amide bonds. The van der Waals surface area contributed by atoms with Gasteiger partial charge >= 0.3 is 0 Å². The van der Waals surface area contributed by atoms with E-state index in [2.05, 4.69) is 0 Å². The van der Waals surface area contributed by atoms with Crippen LogP contribution in [0.15, 0.2) is 18.2 Å². The van der Waals surface area contributed by atoms with Crippen molar-refractivity contribution >= 4 is 5.91 Å². The van der Waals surface area contributed by atoms with E-state index >= 15 is 0 Å². The van der Waals surface area contributed by atoms with Crippen LogP contribution in [0.2, 0.25) is 0 Å². The highest BCUT2D eigenvalue weighted by molar-refractivity contribution is 5.96. The fourth-order valence-electron chi connectivity index (χ4n) is 1.19. The quantitative estimate of drug-likeness (QED) is 0.785. The SMILES string of the molecule is CCOc1cccc(C(N)=O)c1OC. The molecule has 76 valence electrons. The minimum absolute atomic E-state index is 0.332. The van der Waals surface area contributed by atoms with Crippen LogP contribution in [-0.2, 0) is 0 Å². The summed E-state index contributed by atoms with van der Waals surface area (Å²) in [4.78, 5) is 11.0. The van der Waals surface area contributed by atoms with Crippen LogP contribution in [0.5, 0.6) is 11.5 Å². The molecule has 0 saturated carbocycles. The third kappa shape index (κ3) is 1.96. The summed E-state index contributed by atoms with van der Waals surface area (Å²) in [7, 11) is 1.48. The number of para-hydroxylation sites is 1. The van der Waals surface area contributed by atoms with E-state index in [4.69, 9.17) is 15.2 Å². The Morgan fingerprint density at radius 1 is 1.50 bits per heavy atom. The maximum absolute atomic E-state index is 11.0. The zero-order valence-corrected chi connectivity index (χ0v) is 8.24. The van der Waals surface area contributed by atoms with Crippen LogP contribution in [0.3, 0.4) is 0 Å². The molecule has 0 atom stereocenters. The maximum Gasteiger partial charge on any atom is 0.252 e. The molecule has 0 aliphatic carbocycles. The summed E-state index contributed by atoms with van der Waals surface area (Å²) in [6.07, 6.45) is 0. The molecular formula is C10H13NO3. The predicted molar refractivity (Wildman–Crippen MR) is 52.7 cm³/mol. The van der Waals surface area contributed by atoms with Gasteiger partial charge in [0.15, 0.2) is 11.5 Å². The zero-order valence-electron chi connectivity index (χ0n) is 8.24. The standard InChI is InChI=1S/C10H13NO3/c1-3-14-8-6-4-5-7(10(11)12)9(8)13-2/h4-6H,3H2,1-2H3,(H2,11,12). The molecule has 1 aromatic rings. The molecule has 14 heavy (non-hydrogen) atoms. The van der Waals surface area contributed by atoms with Crippen molar-refractivity contribution < 1.29 is 14.3 Å². The molecule has 0 aliphatic rings. The van der Waals surface area contributed by atoms with Gasteiger partial charge in [-0.05, 0) is 19.1 Å². The first-order valence-electron chi connectivity index (χ1n) is 4.30. The van der Waals surface area contributed by atoms with Gasteiger partial charge in [-0.2, -0.15) is 0 Å². The molecule has 2 N–H and O–H groups in total. The van der Waals surface area contributed by atoms with Gasteiger partial charge in [-0.15, -0.1) is 0 Å². The van der Waals surface area contributed by atoms with E-state index in [1.165, 1.54) is 7.11 Å². The fraction of sp³-hybridized carbons (Fsp3) is 0.300. The van der Waals surface area contributed by atoms with Gasteiger partial charge in [-0.3, -0.25) is 4.79 Å². The predicted octanol–water partition coefficient (Wildman–Crippen LogP) is 1.19. The number of carbonyl (C=O) groups is 1. The van der Waals surface area contributed by atoms with E-state index in [1.54, 1.807) is 18.2 Å². The van der Waals surface area contributed by atoms with Crippen molar-refractivity contribution in [1.82, 2.24) is 0 Å². The van der Waals surface area contributed by atoms with E-state index in [0.29, 0.717) is 23.7 Å². The summed E-state index contributed by atoms with van der Waals surface area (Å²) in [5.41, 5.74) is 5.51. The Balaban J connectivity index is 3.17. The average Bonchev–Trinajstić information content (AvgIpc) is 2.18. The first-order valence-corrected chi connectivity index (χ1v) is 4.30. The number of benzene rings is 1. The number of primary amides is 1. The molecule has 4 nitrogen and oxygen atoms in total. The summed E-state index contributed by atoms with van der Waals surface area (Å²) in [6, 6.07) is 5.03. The largest absolute Gasteiger partial charge is 0.492 e. The number of ether oxygens (including phenoxy) is 2. The van der Waals surface area contributed by atoms with Gasteiger partial charge in [-0.25, -0.2) is 0 Å². The van der Waals surface area contributed by atoms with Gasteiger partial charge in [0.2, 0.25) is 0 Å². The molecule has 0 aliphatic heterocycles. The lowest BCUT2D eigenvalue weighted by Gasteiger charge is -2.11. The fourth-order valence-corrected chi connectivity index (χ4v) is 1.19. The van der Waals surface area contributed by atoms with Gasteiger partial charge in [0.25, 0.3) is 5.91 Å². The molecule has 0 heterocycles. The molecule has 0 aromatic heterocycles. The second-order valence-electron chi connectivity index (χ2n) is 2.63. The Labute approximate surface area is 82.6 Å². The van der Waals surface area contributed by atoms with Crippen LogP contribution in [0.25, 0.3) is 0 Å². The number of hydrogen-bond donors (Lipinski definition) is 1. The van der Waals surface area contributed by atoms with Gasteiger partial charge < -0.3 is 15.2 Å². The van der Waals surface area contributed by atoms with Crippen LogP contribution in [0.4, 0.5) is 0 Å². The number of methoxy groups -OCH3 is 1. The number of carbonyl (C=O) groups excluding carboxylic acids is 1. The van der Waals surface area contributed by atoms with Crippen LogP contribution in [0.1, 0.15) is 17.3 Å². The van der Waals surface area contributed by atoms with E-state index in [-0.39, 0.29) is 0 Å². The minimum Gasteiger partial charge on any atom is -0.492 e.